The van der Waals surface area contributed by atoms with Crippen molar-refractivity contribution >= 4 is 46.5 Å². The van der Waals surface area contributed by atoms with Crippen LogP contribution in [-0.4, -0.2) is 25.0 Å². The largest absolute Gasteiger partial charge is 0.351 e. The molecule has 1 unspecified atom stereocenters. The Morgan fingerprint density at radius 2 is 2.08 bits per heavy atom. The number of rotatable bonds is 7. The fourth-order valence-electron chi connectivity index (χ4n) is 3.04. The van der Waals surface area contributed by atoms with Crippen molar-refractivity contribution in [2.75, 3.05) is 13.1 Å². The molecule has 26 heavy (non-hydrogen) atoms. The van der Waals surface area contributed by atoms with Gasteiger partial charge in [-0.15, -0.1) is 11.3 Å². The van der Waals surface area contributed by atoms with Crippen LogP contribution in [0, 0.1) is 6.92 Å². The summed E-state index contributed by atoms with van der Waals surface area (Å²) in [5.41, 5.74) is 5.46. The fourth-order valence-corrected chi connectivity index (χ4v) is 4.33. The quantitative estimate of drug-likeness (QED) is 0.625. The van der Waals surface area contributed by atoms with Crippen molar-refractivity contribution in [3.8, 4) is 0 Å². The maximum absolute atomic E-state index is 12.0. The molecule has 1 aliphatic rings. The number of hydrogen-bond acceptors (Lipinski definition) is 3. The first-order valence-electron chi connectivity index (χ1n) is 8.70. The predicted molar refractivity (Wildman–Crippen MR) is 112 cm³/mol. The Hall–Kier alpha value is -1.33. The van der Waals surface area contributed by atoms with Crippen molar-refractivity contribution < 1.29 is 4.79 Å². The maximum atomic E-state index is 12.0. The molecule has 3 nitrogen and oxygen atoms in total. The minimum absolute atomic E-state index is 0.124. The highest BCUT2D eigenvalue weighted by Gasteiger charge is 2.17. The standard InChI is InChI=1S/C20H22Cl2N2OS/c1-12-4-5-14-9-15(10-16(14)8-12)13(2)23-6-3-7-24-20(25)18-11-17(21)19(22)26-18/h4-5,8,10-11,13,23H,3,6-7,9H2,1-2H3,(H,24,25). The van der Waals surface area contributed by atoms with Crippen LogP contribution in [0.2, 0.25) is 9.36 Å². The van der Waals surface area contributed by atoms with Crippen LogP contribution in [0.1, 0.15) is 39.7 Å². The van der Waals surface area contributed by atoms with Crippen LogP contribution >= 0.6 is 34.5 Å². The summed E-state index contributed by atoms with van der Waals surface area (Å²) in [5, 5.41) is 6.87. The Labute approximate surface area is 168 Å². The van der Waals surface area contributed by atoms with Gasteiger partial charge in [0.1, 0.15) is 4.34 Å². The molecule has 0 radical (unpaired) electrons. The molecule has 138 valence electrons. The topological polar surface area (TPSA) is 41.1 Å². The van der Waals surface area contributed by atoms with E-state index < -0.39 is 0 Å². The number of thiophene rings is 1. The van der Waals surface area contributed by atoms with Crippen molar-refractivity contribution in [3.63, 3.8) is 0 Å². The van der Waals surface area contributed by atoms with E-state index in [1.54, 1.807) is 6.07 Å². The zero-order valence-electron chi connectivity index (χ0n) is 14.9. The van der Waals surface area contributed by atoms with Gasteiger partial charge in [-0.25, -0.2) is 0 Å². The lowest BCUT2D eigenvalue weighted by molar-refractivity contribution is 0.0957. The van der Waals surface area contributed by atoms with Gasteiger partial charge >= 0.3 is 0 Å². The Balaban J connectivity index is 1.39. The molecule has 1 aromatic carbocycles. The summed E-state index contributed by atoms with van der Waals surface area (Å²) in [6.07, 6.45) is 4.18. The first-order chi connectivity index (χ1) is 12.4. The van der Waals surface area contributed by atoms with E-state index in [1.165, 1.54) is 33.6 Å². The van der Waals surface area contributed by atoms with E-state index in [4.69, 9.17) is 23.2 Å². The highest BCUT2D eigenvalue weighted by Crippen LogP contribution is 2.31. The van der Waals surface area contributed by atoms with Crippen LogP contribution in [0.15, 0.2) is 29.8 Å². The van der Waals surface area contributed by atoms with E-state index in [0.717, 1.165) is 19.4 Å². The predicted octanol–water partition coefficient (Wildman–Crippen LogP) is 5.10. The molecular formula is C20H22Cl2N2OS. The lowest BCUT2D eigenvalue weighted by Gasteiger charge is -2.15. The molecule has 1 heterocycles. The third-order valence-corrected chi connectivity index (χ3v) is 6.42. The molecule has 1 aliphatic carbocycles. The lowest BCUT2D eigenvalue weighted by Crippen LogP contribution is -2.32. The fraction of sp³-hybridized carbons (Fsp3) is 0.350. The monoisotopic (exact) mass is 408 g/mol. The minimum Gasteiger partial charge on any atom is -0.351 e. The van der Waals surface area contributed by atoms with Gasteiger partial charge in [0, 0.05) is 12.6 Å². The number of benzene rings is 1. The van der Waals surface area contributed by atoms with E-state index >= 15 is 0 Å². The molecule has 1 atom stereocenters. The summed E-state index contributed by atoms with van der Waals surface area (Å²) in [6, 6.07) is 8.57. The summed E-state index contributed by atoms with van der Waals surface area (Å²) in [7, 11) is 0. The molecular weight excluding hydrogens is 387 g/mol. The Bertz CT molecular complexity index is 825. The molecule has 0 saturated carbocycles. The first-order valence-corrected chi connectivity index (χ1v) is 10.3. The van der Waals surface area contributed by atoms with E-state index in [1.807, 2.05) is 0 Å². The highest BCUT2D eigenvalue weighted by molar-refractivity contribution is 7.18. The number of carbonyl (C=O) groups excluding carboxylic acids is 1. The number of fused-ring (bicyclic) bond motifs is 1. The number of hydrogen-bond donors (Lipinski definition) is 2. The summed E-state index contributed by atoms with van der Waals surface area (Å²) >= 11 is 13.0. The SMILES string of the molecule is Cc1ccc2c(c1)C=C(C(C)NCCCNC(=O)c1cc(Cl)c(Cl)s1)C2. The molecule has 0 saturated heterocycles. The summed E-state index contributed by atoms with van der Waals surface area (Å²) in [4.78, 5) is 12.6. The molecule has 2 aromatic rings. The molecule has 6 heteroatoms. The van der Waals surface area contributed by atoms with Crippen LogP contribution in [-0.2, 0) is 6.42 Å². The zero-order valence-corrected chi connectivity index (χ0v) is 17.2. The lowest BCUT2D eigenvalue weighted by atomic mass is 10.0. The molecule has 0 bridgehead atoms. The van der Waals surface area contributed by atoms with Gasteiger partial charge in [0.05, 0.1) is 9.90 Å². The number of carbonyl (C=O) groups is 1. The smallest absolute Gasteiger partial charge is 0.261 e. The van der Waals surface area contributed by atoms with Crippen LogP contribution in [0.4, 0.5) is 0 Å². The third kappa shape index (κ3) is 4.68. The summed E-state index contributed by atoms with van der Waals surface area (Å²) < 4.78 is 0.452. The van der Waals surface area contributed by atoms with Gasteiger partial charge < -0.3 is 10.6 Å². The summed E-state index contributed by atoms with van der Waals surface area (Å²) in [6.45, 7) is 5.78. The van der Waals surface area contributed by atoms with Crippen LogP contribution in [0.25, 0.3) is 6.08 Å². The van der Waals surface area contributed by atoms with Crippen molar-refractivity contribution in [2.24, 2.45) is 0 Å². The van der Waals surface area contributed by atoms with E-state index in [0.29, 0.717) is 26.8 Å². The average Bonchev–Trinajstić information content (AvgIpc) is 3.17. The Morgan fingerprint density at radius 3 is 2.81 bits per heavy atom. The number of halogens is 2. The van der Waals surface area contributed by atoms with E-state index in [2.05, 4.69) is 48.8 Å². The van der Waals surface area contributed by atoms with E-state index in [9.17, 15) is 4.79 Å². The molecule has 0 fully saturated rings. The van der Waals surface area contributed by atoms with Gasteiger partial charge in [0.25, 0.3) is 5.91 Å². The van der Waals surface area contributed by atoms with Crippen LogP contribution in [0.5, 0.6) is 0 Å². The van der Waals surface area contributed by atoms with Crippen molar-refractivity contribution in [3.05, 3.63) is 60.8 Å². The highest BCUT2D eigenvalue weighted by atomic mass is 35.5. The van der Waals surface area contributed by atoms with Crippen molar-refractivity contribution in [1.82, 2.24) is 10.6 Å². The van der Waals surface area contributed by atoms with Crippen LogP contribution < -0.4 is 10.6 Å². The zero-order chi connectivity index (χ0) is 18.7. The number of amides is 1. The Morgan fingerprint density at radius 1 is 1.27 bits per heavy atom. The number of aryl methyl sites for hydroxylation is 1. The van der Waals surface area contributed by atoms with Gasteiger partial charge in [0.15, 0.2) is 0 Å². The molecule has 1 amide bonds. The normalized spacial score (nSPS) is 14.1. The van der Waals surface area contributed by atoms with Gasteiger partial charge in [0.2, 0.25) is 0 Å². The van der Waals surface area contributed by atoms with Crippen molar-refractivity contribution in [2.45, 2.75) is 32.7 Å². The Kier molecular flexibility index (Phi) is 6.41. The van der Waals surface area contributed by atoms with Gasteiger partial charge in [-0.2, -0.15) is 0 Å². The van der Waals surface area contributed by atoms with Gasteiger partial charge in [-0.1, -0.05) is 53.0 Å². The summed E-state index contributed by atoms with van der Waals surface area (Å²) in [5.74, 6) is -0.124. The molecule has 0 spiro atoms. The molecule has 3 rings (SSSR count). The first kappa shape index (κ1) is 19.4. The average molecular weight is 409 g/mol. The molecule has 1 aromatic heterocycles. The second kappa shape index (κ2) is 8.57. The van der Waals surface area contributed by atoms with Gasteiger partial charge in [-0.3, -0.25) is 4.79 Å². The van der Waals surface area contributed by atoms with Gasteiger partial charge in [-0.05, 0) is 56.0 Å². The van der Waals surface area contributed by atoms with E-state index in [-0.39, 0.29) is 5.91 Å². The second-order valence-corrected chi connectivity index (χ2v) is 8.68. The second-order valence-electron chi connectivity index (χ2n) is 6.62. The molecule has 0 aliphatic heterocycles. The number of nitrogens with one attached hydrogen (secondary N) is 2. The minimum atomic E-state index is -0.124. The van der Waals surface area contributed by atoms with Crippen molar-refractivity contribution in [1.29, 1.82) is 0 Å². The molecule has 2 N–H and O–H groups in total. The maximum Gasteiger partial charge on any atom is 0.261 e. The third-order valence-electron chi connectivity index (χ3n) is 4.55. The van der Waals surface area contributed by atoms with Crippen LogP contribution in [0.3, 0.4) is 0 Å².